The first-order valence-corrected chi connectivity index (χ1v) is 5.53. The highest BCUT2D eigenvalue weighted by Crippen LogP contribution is 2.35. The zero-order valence-electron chi connectivity index (χ0n) is 10.3. The second-order valence-electron chi connectivity index (χ2n) is 5.25. The van der Waals surface area contributed by atoms with Gasteiger partial charge in [0.05, 0.1) is 5.57 Å². The third-order valence-electron chi connectivity index (χ3n) is 2.31. The Bertz CT molecular complexity index is 380. The Labute approximate surface area is 100 Å². The molecule has 0 fully saturated rings. The molecule has 1 aromatic carbocycles. The standard InChI is InChI=1S/C14H17F3/c1-13(2,3)10-9-12(14(15,16)17)11-7-5-4-6-8-11/h4-9H,10H2,1-3H3. The van der Waals surface area contributed by atoms with Gasteiger partial charge in [0.15, 0.2) is 0 Å². The first kappa shape index (κ1) is 13.8. The van der Waals surface area contributed by atoms with E-state index in [4.69, 9.17) is 0 Å². The summed E-state index contributed by atoms with van der Waals surface area (Å²) in [5.74, 6) is 0. The fraction of sp³-hybridized carbons (Fsp3) is 0.429. The normalized spacial score (nSPS) is 13.9. The Morgan fingerprint density at radius 2 is 1.59 bits per heavy atom. The summed E-state index contributed by atoms with van der Waals surface area (Å²) in [7, 11) is 0. The molecule has 0 aromatic heterocycles. The summed E-state index contributed by atoms with van der Waals surface area (Å²) in [5.41, 5.74) is -0.470. The maximum Gasteiger partial charge on any atom is 0.416 e. The van der Waals surface area contributed by atoms with Crippen LogP contribution in [0.1, 0.15) is 32.8 Å². The van der Waals surface area contributed by atoms with Gasteiger partial charge < -0.3 is 0 Å². The minimum atomic E-state index is -4.30. The van der Waals surface area contributed by atoms with Crippen molar-refractivity contribution < 1.29 is 13.2 Å². The number of alkyl halides is 3. The van der Waals surface area contributed by atoms with E-state index in [0.29, 0.717) is 6.42 Å². The molecule has 0 radical (unpaired) electrons. The topological polar surface area (TPSA) is 0 Å². The van der Waals surface area contributed by atoms with Crippen LogP contribution in [0.15, 0.2) is 36.4 Å². The molecule has 1 aromatic rings. The van der Waals surface area contributed by atoms with Crippen molar-refractivity contribution in [1.29, 1.82) is 0 Å². The molecule has 1 rings (SSSR count). The molecule has 94 valence electrons. The molecule has 3 heteroatoms. The second-order valence-corrected chi connectivity index (χ2v) is 5.25. The van der Waals surface area contributed by atoms with Gasteiger partial charge >= 0.3 is 6.18 Å². The van der Waals surface area contributed by atoms with Crippen molar-refractivity contribution in [3.05, 3.63) is 42.0 Å². The van der Waals surface area contributed by atoms with Crippen LogP contribution in [-0.2, 0) is 0 Å². The van der Waals surface area contributed by atoms with E-state index < -0.39 is 11.7 Å². The van der Waals surface area contributed by atoms with Crippen LogP contribution in [0.4, 0.5) is 13.2 Å². The van der Waals surface area contributed by atoms with Gasteiger partial charge in [-0.2, -0.15) is 13.2 Å². The lowest BCUT2D eigenvalue weighted by atomic mass is 9.90. The summed E-state index contributed by atoms with van der Waals surface area (Å²) in [6, 6.07) is 7.92. The Balaban J connectivity index is 3.07. The SMILES string of the molecule is CC(C)(C)CC=C(c1ccccc1)C(F)(F)F. The second kappa shape index (κ2) is 4.94. The Morgan fingerprint density at radius 3 is 2.00 bits per heavy atom. The van der Waals surface area contributed by atoms with Crippen molar-refractivity contribution in [1.82, 2.24) is 0 Å². The van der Waals surface area contributed by atoms with Crippen molar-refractivity contribution in [2.45, 2.75) is 33.4 Å². The molecule has 0 amide bonds. The predicted octanol–water partition coefficient (Wildman–Crippen LogP) is 5.07. The third-order valence-corrected chi connectivity index (χ3v) is 2.31. The third kappa shape index (κ3) is 4.63. The lowest BCUT2D eigenvalue weighted by Gasteiger charge is -2.18. The molecule has 0 aliphatic rings. The van der Waals surface area contributed by atoms with E-state index >= 15 is 0 Å². The summed E-state index contributed by atoms with van der Waals surface area (Å²) < 4.78 is 38.7. The fourth-order valence-electron chi connectivity index (χ4n) is 1.42. The molecular formula is C14H17F3. The summed E-state index contributed by atoms with van der Waals surface area (Å²) in [6.07, 6.45) is -2.61. The monoisotopic (exact) mass is 242 g/mol. The average Bonchev–Trinajstić information content (AvgIpc) is 2.15. The minimum absolute atomic E-state index is 0.148. The molecule has 0 saturated carbocycles. The molecule has 0 spiro atoms. The van der Waals surface area contributed by atoms with E-state index in [1.54, 1.807) is 18.2 Å². The molecule has 0 bridgehead atoms. The van der Waals surface area contributed by atoms with Crippen LogP contribution >= 0.6 is 0 Å². The van der Waals surface area contributed by atoms with E-state index in [1.165, 1.54) is 18.2 Å². The number of hydrogen-bond acceptors (Lipinski definition) is 0. The van der Waals surface area contributed by atoms with Gasteiger partial charge in [-0.1, -0.05) is 57.2 Å². The van der Waals surface area contributed by atoms with Gasteiger partial charge in [-0.3, -0.25) is 0 Å². The van der Waals surface area contributed by atoms with E-state index in [2.05, 4.69) is 0 Å². The number of rotatable bonds is 2. The van der Waals surface area contributed by atoms with Crippen LogP contribution in [0.2, 0.25) is 0 Å². The van der Waals surface area contributed by atoms with Gasteiger partial charge in [-0.15, -0.1) is 0 Å². The van der Waals surface area contributed by atoms with Crippen molar-refractivity contribution in [3.8, 4) is 0 Å². The number of benzene rings is 1. The highest BCUT2D eigenvalue weighted by Gasteiger charge is 2.34. The van der Waals surface area contributed by atoms with E-state index in [-0.39, 0.29) is 11.0 Å². The van der Waals surface area contributed by atoms with Gasteiger partial charge in [0, 0.05) is 0 Å². The molecule has 0 N–H and O–H groups in total. The van der Waals surface area contributed by atoms with Gasteiger partial charge in [-0.05, 0) is 17.4 Å². The quantitative estimate of drug-likeness (QED) is 0.679. The molecule has 0 nitrogen and oxygen atoms in total. The Hall–Kier alpha value is -1.25. The largest absolute Gasteiger partial charge is 0.416 e. The maximum absolute atomic E-state index is 12.9. The van der Waals surface area contributed by atoms with Gasteiger partial charge in [-0.25, -0.2) is 0 Å². The molecule has 0 aliphatic carbocycles. The number of allylic oxidation sites excluding steroid dienone is 2. The molecule has 17 heavy (non-hydrogen) atoms. The first-order valence-electron chi connectivity index (χ1n) is 5.53. The van der Waals surface area contributed by atoms with Crippen LogP contribution in [0.5, 0.6) is 0 Å². The number of hydrogen-bond donors (Lipinski definition) is 0. The summed E-state index contributed by atoms with van der Waals surface area (Å²) in [6.45, 7) is 5.76. The molecule has 0 saturated heterocycles. The van der Waals surface area contributed by atoms with Crippen molar-refractivity contribution in [3.63, 3.8) is 0 Å². The van der Waals surface area contributed by atoms with Gasteiger partial charge in [0.25, 0.3) is 0 Å². The van der Waals surface area contributed by atoms with Gasteiger partial charge in [0.1, 0.15) is 0 Å². The Morgan fingerprint density at radius 1 is 1.06 bits per heavy atom. The maximum atomic E-state index is 12.9. The van der Waals surface area contributed by atoms with Gasteiger partial charge in [0.2, 0.25) is 0 Å². The van der Waals surface area contributed by atoms with Crippen LogP contribution < -0.4 is 0 Å². The summed E-state index contributed by atoms with van der Waals surface area (Å²) >= 11 is 0. The zero-order chi connectivity index (χ0) is 13.1. The van der Waals surface area contributed by atoms with Crippen molar-refractivity contribution in [2.75, 3.05) is 0 Å². The smallest absolute Gasteiger partial charge is 0.166 e. The van der Waals surface area contributed by atoms with Crippen LogP contribution in [0, 0.1) is 5.41 Å². The predicted molar refractivity (Wildman–Crippen MR) is 64.5 cm³/mol. The van der Waals surface area contributed by atoms with Crippen LogP contribution in [0.25, 0.3) is 5.57 Å². The lowest BCUT2D eigenvalue weighted by Crippen LogP contribution is -2.12. The van der Waals surface area contributed by atoms with E-state index in [0.717, 1.165) is 0 Å². The van der Waals surface area contributed by atoms with Crippen LogP contribution in [0.3, 0.4) is 0 Å². The summed E-state index contributed by atoms with van der Waals surface area (Å²) in [5, 5.41) is 0. The Kier molecular flexibility index (Phi) is 4.02. The molecule has 0 aliphatic heterocycles. The fourth-order valence-corrected chi connectivity index (χ4v) is 1.42. The van der Waals surface area contributed by atoms with E-state index in [1.807, 2.05) is 20.8 Å². The molecule has 0 heterocycles. The minimum Gasteiger partial charge on any atom is -0.166 e. The zero-order valence-corrected chi connectivity index (χ0v) is 10.3. The molecule has 0 atom stereocenters. The number of halogens is 3. The van der Waals surface area contributed by atoms with E-state index in [9.17, 15) is 13.2 Å². The summed E-state index contributed by atoms with van der Waals surface area (Å²) in [4.78, 5) is 0. The molecule has 0 unspecified atom stereocenters. The highest BCUT2D eigenvalue weighted by molar-refractivity contribution is 5.69. The van der Waals surface area contributed by atoms with Crippen molar-refractivity contribution >= 4 is 5.57 Å². The van der Waals surface area contributed by atoms with Crippen LogP contribution in [-0.4, -0.2) is 6.18 Å². The average molecular weight is 242 g/mol. The molecular weight excluding hydrogens is 225 g/mol. The highest BCUT2D eigenvalue weighted by atomic mass is 19.4. The first-order chi connectivity index (χ1) is 7.70. The lowest BCUT2D eigenvalue weighted by molar-refractivity contribution is -0.0691. The van der Waals surface area contributed by atoms with Crippen molar-refractivity contribution in [2.24, 2.45) is 5.41 Å².